The van der Waals surface area contributed by atoms with Gasteiger partial charge in [-0.1, -0.05) is 59.9 Å². The molecular formula is C20H17N3O3S2. The summed E-state index contributed by atoms with van der Waals surface area (Å²) >= 11 is 3.32. The Labute approximate surface area is 170 Å². The van der Waals surface area contributed by atoms with E-state index in [2.05, 4.69) is 15.8 Å². The SMILES string of the molecule is O=C(NNC(=O)c1oc2ccccc2c1CSC1=NCCS1)c1ccccc1. The fourth-order valence-electron chi connectivity index (χ4n) is 2.79. The van der Waals surface area contributed by atoms with Crippen LogP contribution in [0.1, 0.15) is 26.5 Å². The first-order valence-corrected chi connectivity index (χ1v) is 10.7. The van der Waals surface area contributed by atoms with E-state index in [4.69, 9.17) is 4.42 Å². The van der Waals surface area contributed by atoms with Crippen LogP contribution in [0.2, 0.25) is 0 Å². The van der Waals surface area contributed by atoms with Gasteiger partial charge in [-0.2, -0.15) is 0 Å². The molecule has 0 aliphatic carbocycles. The topological polar surface area (TPSA) is 83.7 Å². The first-order chi connectivity index (χ1) is 13.7. The number of aliphatic imine (C=N–C) groups is 1. The third-order valence-corrected chi connectivity index (χ3v) is 6.41. The van der Waals surface area contributed by atoms with Crippen molar-refractivity contribution in [2.75, 3.05) is 12.3 Å². The molecule has 28 heavy (non-hydrogen) atoms. The van der Waals surface area contributed by atoms with Gasteiger partial charge in [-0.3, -0.25) is 25.4 Å². The molecule has 8 heteroatoms. The van der Waals surface area contributed by atoms with Gasteiger partial charge in [0.15, 0.2) is 5.76 Å². The second-order valence-corrected chi connectivity index (χ2v) is 8.27. The molecule has 142 valence electrons. The number of para-hydroxylation sites is 1. The molecule has 0 spiro atoms. The van der Waals surface area contributed by atoms with Crippen molar-refractivity contribution >= 4 is 50.7 Å². The van der Waals surface area contributed by atoms with Gasteiger partial charge in [0.2, 0.25) is 0 Å². The van der Waals surface area contributed by atoms with Crippen LogP contribution in [0, 0.1) is 0 Å². The van der Waals surface area contributed by atoms with Gasteiger partial charge in [-0.05, 0) is 18.2 Å². The number of hydrogen-bond donors (Lipinski definition) is 2. The Hall–Kier alpha value is -2.71. The van der Waals surface area contributed by atoms with Crippen LogP contribution in [-0.2, 0) is 5.75 Å². The van der Waals surface area contributed by atoms with Crippen molar-refractivity contribution in [3.05, 3.63) is 71.5 Å². The summed E-state index contributed by atoms with van der Waals surface area (Å²) in [7, 11) is 0. The number of carbonyl (C=O) groups is 2. The van der Waals surface area contributed by atoms with Crippen LogP contribution in [0.25, 0.3) is 11.0 Å². The van der Waals surface area contributed by atoms with E-state index >= 15 is 0 Å². The first-order valence-electron chi connectivity index (χ1n) is 8.68. The smallest absolute Gasteiger partial charge is 0.305 e. The first kappa shape index (κ1) is 18.6. The molecule has 3 aromatic rings. The molecule has 1 aromatic heterocycles. The number of furan rings is 1. The molecule has 1 aliphatic rings. The number of hydrogen-bond acceptors (Lipinski definition) is 6. The highest BCUT2D eigenvalue weighted by Gasteiger charge is 2.22. The standard InChI is InChI=1S/C20H17N3O3S2/c24-18(13-6-2-1-3-7-13)22-23-19(25)17-15(12-28-20-21-10-11-27-20)14-8-4-5-9-16(14)26-17/h1-9H,10-12H2,(H,22,24)(H,23,25). The predicted octanol–water partition coefficient (Wildman–Crippen LogP) is 3.84. The highest BCUT2D eigenvalue weighted by Crippen LogP contribution is 2.32. The minimum Gasteiger partial charge on any atom is -0.451 e. The summed E-state index contributed by atoms with van der Waals surface area (Å²) in [4.78, 5) is 29.3. The monoisotopic (exact) mass is 411 g/mol. The van der Waals surface area contributed by atoms with Crippen molar-refractivity contribution in [2.24, 2.45) is 4.99 Å². The lowest BCUT2D eigenvalue weighted by Gasteiger charge is -2.07. The van der Waals surface area contributed by atoms with E-state index in [-0.39, 0.29) is 5.76 Å². The average molecular weight is 412 g/mol. The van der Waals surface area contributed by atoms with Gasteiger partial charge in [0.25, 0.3) is 5.91 Å². The van der Waals surface area contributed by atoms with Crippen molar-refractivity contribution in [3.8, 4) is 0 Å². The number of rotatable bonds is 4. The summed E-state index contributed by atoms with van der Waals surface area (Å²) in [6, 6.07) is 16.2. The van der Waals surface area contributed by atoms with Gasteiger partial charge in [0.1, 0.15) is 9.96 Å². The lowest BCUT2D eigenvalue weighted by atomic mass is 10.1. The molecule has 2 N–H and O–H groups in total. The lowest BCUT2D eigenvalue weighted by molar-refractivity contribution is 0.0831. The van der Waals surface area contributed by atoms with Gasteiger partial charge < -0.3 is 4.42 Å². The van der Waals surface area contributed by atoms with Crippen molar-refractivity contribution < 1.29 is 14.0 Å². The second kappa shape index (κ2) is 8.53. The Balaban J connectivity index is 1.52. The fraction of sp³-hybridized carbons (Fsp3) is 0.150. The number of nitrogens with one attached hydrogen (secondary N) is 2. The molecule has 0 unspecified atom stereocenters. The molecule has 1 aliphatic heterocycles. The molecule has 0 saturated heterocycles. The highest BCUT2D eigenvalue weighted by molar-refractivity contribution is 8.38. The molecule has 2 heterocycles. The summed E-state index contributed by atoms with van der Waals surface area (Å²) in [6.45, 7) is 0.831. The van der Waals surface area contributed by atoms with Crippen LogP contribution in [0.4, 0.5) is 0 Å². The van der Waals surface area contributed by atoms with E-state index in [1.54, 1.807) is 47.8 Å². The predicted molar refractivity (Wildman–Crippen MR) is 114 cm³/mol. The third kappa shape index (κ3) is 4.07. The molecule has 0 atom stereocenters. The van der Waals surface area contributed by atoms with Crippen molar-refractivity contribution in [3.63, 3.8) is 0 Å². The quantitative estimate of drug-likeness (QED) is 0.637. The highest BCUT2D eigenvalue weighted by atomic mass is 32.2. The summed E-state index contributed by atoms with van der Waals surface area (Å²) < 4.78 is 6.81. The summed E-state index contributed by atoms with van der Waals surface area (Å²) in [5, 5.41) is 0.887. The van der Waals surface area contributed by atoms with Crippen molar-refractivity contribution in [2.45, 2.75) is 5.75 Å². The van der Waals surface area contributed by atoms with E-state index in [0.29, 0.717) is 16.9 Å². The normalized spacial score (nSPS) is 13.4. The molecule has 0 bridgehead atoms. The van der Waals surface area contributed by atoms with Gasteiger partial charge >= 0.3 is 5.91 Å². The van der Waals surface area contributed by atoms with E-state index in [1.165, 1.54) is 0 Å². The Morgan fingerprint density at radius 3 is 2.57 bits per heavy atom. The fourth-order valence-corrected chi connectivity index (χ4v) is 4.83. The molecule has 0 radical (unpaired) electrons. The van der Waals surface area contributed by atoms with Gasteiger partial charge in [-0.25, -0.2) is 0 Å². The number of thioether (sulfide) groups is 2. The molecule has 2 amide bonds. The van der Waals surface area contributed by atoms with E-state index < -0.39 is 11.8 Å². The number of hydrazine groups is 1. The largest absolute Gasteiger partial charge is 0.451 e. The zero-order chi connectivity index (χ0) is 19.3. The van der Waals surface area contributed by atoms with Gasteiger partial charge in [0, 0.05) is 28.0 Å². The minimum atomic E-state index is -0.489. The maximum absolute atomic E-state index is 12.7. The van der Waals surface area contributed by atoms with Crippen LogP contribution in [0.3, 0.4) is 0 Å². The molecule has 6 nitrogen and oxygen atoms in total. The maximum Gasteiger partial charge on any atom is 0.305 e. The Bertz CT molecular complexity index is 1050. The number of fused-ring (bicyclic) bond motifs is 1. The molecule has 4 rings (SSSR count). The maximum atomic E-state index is 12.7. The van der Waals surface area contributed by atoms with E-state index in [1.807, 2.05) is 30.3 Å². The third-order valence-electron chi connectivity index (χ3n) is 4.13. The minimum absolute atomic E-state index is 0.200. The summed E-state index contributed by atoms with van der Waals surface area (Å²) in [5.41, 5.74) is 6.77. The zero-order valence-corrected chi connectivity index (χ0v) is 16.4. The van der Waals surface area contributed by atoms with Gasteiger partial charge in [-0.15, -0.1) is 0 Å². The van der Waals surface area contributed by atoms with Crippen LogP contribution < -0.4 is 10.9 Å². The number of nitrogens with zero attached hydrogens (tertiary/aromatic N) is 1. The zero-order valence-electron chi connectivity index (χ0n) is 14.8. The Kier molecular flexibility index (Phi) is 5.68. The van der Waals surface area contributed by atoms with Crippen LogP contribution in [0.5, 0.6) is 0 Å². The van der Waals surface area contributed by atoms with Crippen LogP contribution in [0.15, 0.2) is 64.0 Å². The Morgan fingerprint density at radius 1 is 1.04 bits per heavy atom. The number of carbonyl (C=O) groups excluding carboxylic acids is 2. The molecule has 0 fully saturated rings. The van der Waals surface area contributed by atoms with Crippen molar-refractivity contribution in [1.29, 1.82) is 0 Å². The van der Waals surface area contributed by atoms with E-state index in [0.717, 1.165) is 27.6 Å². The Morgan fingerprint density at radius 2 is 1.79 bits per heavy atom. The van der Waals surface area contributed by atoms with Gasteiger partial charge in [0.05, 0.1) is 6.54 Å². The second-order valence-electron chi connectivity index (χ2n) is 5.96. The number of benzene rings is 2. The van der Waals surface area contributed by atoms with Crippen molar-refractivity contribution in [1.82, 2.24) is 10.9 Å². The molecule has 0 saturated carbocycles. The van der Waals surface area contributed by atoms with Crippen LogP contribution in [-0.4, -0.2) is 28.5 Å². The summed E-state index contributed by atoms with van der Waals surface area (Å²) in [5.74, 6) is 0.881. The number of amides is 2. The average Bonchev–Trinajstić information content (AvgIpc) is 3.38. The van der Waals surface area contributed by atoms with E-state index in [9.17, 15) is 9.59 Å². The molecular weight excluding hydrogens is 394 g/mol. The molecule has 2 aromatic carbocycles. The lowest BCUT2D eigenvalue weighted by Crippen LogP contribution is -2.41. The van der Waals surface area contributed by atoms with Crippen LogP contribution >= 0.6 is 23.5 Å². The summed E-state index contributed by atoms with van der Waals surface area (Å²) in [6.07, 6.45) is 0.